The van der Waals surface area contributed by atoms with Crippen molar-refractivity contribution in [2.45, 2.75) is 30.9 Å². The topological polar surface area (TPSA) is 83.1 Å². The number of nitrogens with zero attached hydrogens (tertiary/aromatic N) is 4. The molecule has 0 aliphatic rings. The molecule has 35 heavy (non-hydrogen) atoms. The van der Waals surface area contributed by atoms with Gasteiger partial charge in [-0.15, -0.1) is 10.2 Å². The second-order valence-electron chi connectivity index (χ2n) is 7.93. The molecule has 0 fully saturated rings. The second-order valence-corrected chi connectivity index (χ2v) is 9.96. The molecule has 0 N–H and O–H groups in total. The fraction of sp³-hybridized carbons (Fsp3) is 0.200. The molecule has 4 aromatic rings. The monoisotopic (exact) mass is 556 g/mol. The van der Waals surface area contributed by atoms with Crippen molar-refractivity contribution < 1.29 is 14.1 Å². The standard InChI is InChI=1S/C25H22BrFN4O3S/c1-16-4-3-5-21(12-16)31-17(2)28-29-25(31)35-24(14-30(32)33)19-8-11-23(22(26)13-19)34-15-18-6-9-20(27)10-7-18/h3-13,24H,14-15H2,1-2H3/t24-/m1/s1. The molecule has 1 heterocycles. The van der Waals surface area contributed by atoms with Crippen LogP contribution < -0.4 is 4.74 Å². The largest absolute Gasteiger partial charge is 0.488 e. The normalized spacial score (nSPS) is 11.9. The Morgan fingerprint density at radius 2 is 1.89 bits per heavy atom. The van der Waals surface area contributed by atoms with Gasteiger partial charge in [0.1, 0.15) is 29.2 Å². The number of nitro groups is 1. The Morgan fingerprint density at radius 1 is 1.11 bits per heavy atom. The van der Waals surface area contributed by atoms with Gasteiger partial charge in [-0.2, -0.15) is 0 Å². The number of rotatable bonds is 9. The summed E-state index contributed by atoms with van der Waals surface area (Å²) in [5.74, 6) is 0.979. The third-order valence-electron chi connectivity index (χ3n) is 5.25. The Labute approximate surface area is 214 Å². The van der Waals surface area contributed by atoms with E-state index < -0.39 is 5.25 Å². The maximum atomic E-state index is 13.1. The van der Waals surface area contributed by atoms with Crippen LogP contribution in [0.1, 0.15) is 27.8 Å². The molecule has 3 aromatic carbocycles. The van der Waals surface area contributed by atoms with Crippen molar-refractivity contribution in [3.8, 4) is 11.4 Å². The molecule has 4 rings (SSSR count). The van der Waals surface area contributed by atoms with Crippen molar-refractivity contribution in [3.63, 3.8) is 0 Å². The zero-order valence-corrected chi connectivity index (χ0v) is 21.4. The molecule has 1 aromatic heterocycles. The van der Waals surface area contributed by atoms with E-state index in [-0.39, 0.29) is 23.9 Å². The number of benzene rings is 3. The summed E-state index contributed by atoms with van der Waals surface area (Å²) in [6, 6.07) is 19.4. The lowest BCUT2D eigenvalue weighted by molar-refractivity contribution is -0.479. The molecule has 0 aliphatic heterocycles. The quantitative estimate of drug-likeness (QED) is 0.133. The number of halogens is 2. The molecule has 0 aliphatic carbocycles. The highest BCUT2D eigenvalue weighted by atomic mass is 79.9. The minimum atomic E-state index is -0.500. The molecule has 0 saturated heterocycles. The summed E-state index contributed by atoms with van der Waals surface area (Å²) in [5, 5.41) is 20.1. The van der Waals surface area contributed by atoms with E-state index in [4.69, 9.17) is 4.74 Å². The van der Waals surface area contributed by atoms with E-state index in [1.54, 1.807) is 18.2 Å². The SMILES string of the molecule is Cc1cccc(-n2c(C)nnc2S[C@H](C[N+](=O)[O-])c2ccc(OCc3ccc(F)cc3)c(Br)c2)c1. The van der Waals surface area contributed by atoms with Crippen LogP contribution in [-0.2, 0) is 6.61 Å². The Kier molecular flexibility index (Phi) is 7.82. The smallest absolute Gasteiger partial charge is 0.220 e. The average Bonchev–Trinajstić information content (AvgIpc) is 3.18. The Hall–Kier alpha value is -3.24. The van der Waals surface area contributed by atoms with Crippen LogP contribution in [0.4, 0.5) is 4.39 Å². The molecule has 1 atom stereocenters. The summed E-state index contributed by atoms with van der Waals surface area (Å²) in [6.45, 7) is 3.84. The van der Waals surface area contributed by atoms with Crippen molar-refractivity contribution in [1.82, 2.24) is 14.8 Å². The van der Waals surface area contributed by atoms with Gasteiger partial charge >= 0.3 is 0 Å². The summed E-state index contributed by atoms with van der Waals surface area (Å²) in [4.78, 5) is 11.2. The molecular weight excluding hydrogens is 535 g/mol. The van der Waals surface area contributed by atoms with Gasteiger partial charge in [-0.1, -0.05) is 42.1 Å². The van der Waals surface area contributed by atoms with Gasteiger partial charge in [0.05, 0.1) is 4.47 Å². The van der Waals surface area contributed by atoms with Crippen LogP contribution in [-0.4, -0.2) is 26.2 Å². The van der Waals surface area contributed by atoms with Crippen LogP contribution in [0.5, 0.6) is 5.75 Å². The highest BCUT2D eigenvalue weighted by Crippen LogP contribution is 2.39. The van der Waals surface area contributed by atoms with Crippen LogP contribution in [0.25, 0.3) is 5.69 Å². The van der Waals surface area contributed by atoms with E-state index >= 15 is 0 Å². The van der Waals surface area contributed by atoms with Crippen LogP contribution >= 0.6 is 27.7 Å². The maximum absolute atomic E-state index is 13.1. The lowest BCUT2D eigenvalue weighted by atomic mass is 10.1. The summed E-state index contributed by atoms with van der Waals surface area (Å²) in [5.41, 5.74) is 3.58. The predicted octanol–water partition coefficient (Wildman–Crippen LogP) is 6.47. The van der Waals surface area contributed by atoms with Gasteiger partial charge in [-0.3, -0.25) is 14.7 Å². The summed E-state index contributed by atoms with van der Waals surface area (Å²) in [6.07, 6.45) is 0. The highest BCUT2D eigenvalue weighted by molar-refractivity contribution is 9.10. The minimum absolute atomic E-state index is 0.268. The lowest BCUT2D eigenvalue weighted by Gasteiger charge is -2.16. The minimum Gasteiger partial charge on any atom is -0.488 e. The molecule has 0 bridgehead atoms. The summed E-state index contributed by atoms with van der Waals surface area (Å²) in [7, 11) is 0. The Balaban J connectivity index is 1.57. The van der Waals surface area contributed by atoms with Crippen LogP contribution in [0.15, 0.2) is 76.4 Å². The molecule has 0 unspecified atom stereocenters. The Morgan fingerprint density at radius 3 is 2.57 bits per heavy atom. The summed E-state index contributed by atoms with van der Waals surface area (Å²) < 4.78 is 21.5. The predicted molar refractivity (Wildman–Crippen MR) is 136 cm³/mol. The number of hydrogen-bond donors (Lipinski definition) is 0. The highest BCUT2D eigenvalue weighted by Gasteiger charge is 2.24. The number of aromatic nitrogens is 3. The van der Waals surface area contributed by atoms with Crippen molar-refractivity contribution in [2.24, 2.45) is 0 Å². The Bertz CT molecular complexity index is 1350. The van der Waals surface area contributed by atoms with E-state index in [0.717, 1.165) is 22.4 Å². The van der Waals surface area contributed by atoms with Crippen molar-refractivity contribution in [3.05, 3.63) is 110 Å². The van der Waals surface area contributed by atoms with Crippen molar-refractivity contribution in [2.75, 3.05) is 6.54 Å². The van der Waals surface area contributed by atoms with E-state index in [1.165, 1.54) is 23.9 Å². The van der Waals surface area contributed by atoms with Gasteiger partial charge in [0.15, 0.2) is 5.16 Å². The number of aryl methyl sites for hydroxylation is 2. The van der Waals surface area contributed by atoms with Crippen LogP contribution in [0.3, 0.4) is 0 Å². The first-order chi connectivity index (χ1) is 16.8. The van der Waals surface area contributed by atoms with E-state index in [1.807, 2.05) is 54.8 Å². The zero-order valence-electron chi connectivity index (χ0n) is 19.0. The van der Waals surface area contributed by atoms with Gasteiger partial charge in [0, 0.05) is 10.6 Å². The molecule has 0 amide bonds. The van der Waals surface area contributed by atoms with Crippen molar-refractivity contribution >= 4 is 27.7 Å². The number of hydrogen-bond acceptors (Lipinski definition) is 6. The lowest BCUT2D eigenvalue weighted by Crippen LogP contribution is -2.11. The summed E-state index contributed by atoms with van der Waals surface area (Å²) >= 11 is 4.81. The molecular formula is C25H22BrFN4O3S. The zero-order chi connectivity index (χ0) is 24.9. The average molecular weight is 557 g/mol. The van der Waals surface area contributed by atoms with Gasteiger partial charge in [-0.25, -0.2) is 4.39 Å². The van der Waals surface area contributed by atoms with Crippen LogP contribution in [0, 0.1) is 29.8 Å². The van der Waals surface area contributed by atoms with E-state index in [0.29, 0.717) is 21.2 Å². The molecule has 0 radical (unpaired) electrons. The number of thioether (sulfide) groups is 1. The van der Waals surface area contributed by atoms with E-state index in [9.17, 15) is 14.5 Å². The van der Waals surface area contributed by atoms with Gasteiger partial charge in [0.25, 0.3) is 0 Å². The third-order valence-corrected chi connectivity index (χ3v) is 7.05. The molecule has 7 nitrogen and oxygen atoms in total. The number of ether oxygens (including phenoxy) is 1. The second kappa shape index (κ2) is 11.0. The first-order valence-corrected chi connectivity index (χ1v) is 12.4. The third kappa shape index (κ3) is 6.26. The molecule has 0 spiro atoms. The molecule has 10 heteroatoms. The first kappa shape index (κ1) is 24.9. The fourth-order valence-corrected chi connectivity index (χ4v) is 5.21. The maximum Gasteiger partial charge on any atom is 0.220 e. The van der Waals surface area contributed by atoms with Crippen molar-refractivity contribution in [1.29, 1.82) is 0 Å². The molecule has 180 valence electrons. The van der Waals surface area contributed by atoms with Gasteiger partial charge in [-0.05, 0) is 82.9 Å². The van der Waals surface area contributed by atoms with Gasteiger partial charge in [0.2, 0.25) is 6.54 Å². The van der Waals surface area contributed by atoms with Gasteiger partial charge < -0.3 is 4.74 Å². The van der Waals surface area contributed by atoms with Crippen LogP contribution in [0.2, 0.25) is 0 Å². The van der Waals surface area contributed by atoms with E-state index in [2.05, 4.69) is 26.1 Å². The molecule has 0 saturated carbocycles. The first-order valence-electron chi connectivity index (χ1n) is 10.7. The fourth-order valence-electron chi connectivity index (χ4n) is 3.53.